The first-order chi connectivity index (χ1) is 42.8. The molecule has 0 aromatic heterocycles. The van der Waals surface area contributed by atoms with Gasteiger partial charge in [-0.3, -0.25) is 4.46 Å². The summed E-state index contributed by atoms with van der Waals surface area (Å²) in [7, 11) is -3.56. The van der Waals surface area contributed by atoms with E-state index in [1.165, 1.54) is 97.1 Å². The van der Waals surface area contributed by atoms with Crippen LogP contribution in [0.25, 0.3) is 0 Å². The van der Waals surface area contributed by atoms with Gasteiger partial charge in [-0.2, -0.15) is 0 Å². The van der Waals surface area contributed by atoms with E-state index in [9.17, 15) is 83.7 Å². The number of carboxylic acid groups (broad SMARTS) is 6. The van der Waals surface area contributed by atoms with Crippen molar-refractivity contribution in [2.24, 2.45) is 0 Å². The summed E-state index contributed by atoms with van der Waals surface area (Å²) in [5, 5.41) is 134. The summed E-state index contributed by atoms with van der Waals surface area (Å²) in [6, 6.07) is 64.4. The van der Waals surface area contributed by atoms with Gasteiger partial charge in [-0.1, -0.05) is 243 Å². The van der Waals surface area contributed by atoms with Gasteiger partial charge < -0.3 is 109 Å². The van der Waals surface area contributed by atoms with Gasteiger partial charge in [-0.25, -0.2) is 9.59 Å². The third kappa shape index (κ3) is 34.5. The molecule has 0 radical (unpaired) electrons. The average Bonchev–Trinajstić information content (AvgIpc) is 2.24. The van der Waals surface area contributed by atoms with E-state index >= 15 is 0 Å². The van der Waals surface area contributed by atoms with Crippen molar-refractivity contribution in [3.05, 3.63) is 287 Å². The molecule has 25 nitrogen and oxygen atoms in total. The Hall–Kier alpha value is -7.99. The molecule has 0 aliphatic rings. The normalized spacial score (nSPS) is 12.1. The van der Waals surface area contributed by atoms with Crippen LogP contribution in [0.15, 0.2) is 243 Å². The molecule has 8 N–H and O–H groups in total. The maximum absolute atomic E-state index is 11.7. The fraction of sp³-hybridized carbons (Fsp3) is 0.125. The zero-order valence-electron chi connectivity index (χ0n) is 48.9. The Labute approximate surface area is 594 Å². The molecule has 8 aromatic carbocycles. The van der Waals surface area contributed by atoms with Gasteiger partial charge >= 0.3 is 105 Å². The van der Waals surface area contributed by atoms with Crippen molar-refractivity contribution in [3.63, 3.8) is 0 Å². The number of carboxylic acids is 6. The molecule has 93 heavy (non-hydrogen) atoms. The number of hydrogen-bond donors (Lipinski definition) is 8. The zero-order chi connectivity index (χ0) is 67.1. The molecule has 29 heteroatoms. The molecule has 0 bridgehead atoms. The van der Waals surface area contributed by atoms with E-state index in [1.807, 2.05) is 0 Å². The van der Waals surface area contributed by atoms with Crippen LogP contribution in [0.4, 0.5) is 0 Å². The Kier molecular flexibility index (Phi) is 45.6. The molecule has 8 atom stereocenters. The molecule has 0 saturated heterocycles. The summed E-state index contributed by atoms with van der Waals surface area (Å²) in [5.41, 5.74) is 2.53. The van der Waals surface area contributed by atoms with E-state index in [0.29, 0.717) is 33.4 Å². The van der Waals surface area contributed by atoms with E-state index < -0.39 is 106 Å². The van der Waals surface area contributed by atoms with E-state index in [2.05, 4.69) is 8.85 Å². The quantitative estimate of drug-likeness (QED) is 0.0389. The van der Waals surface area contributed by atoms with Crippen LogP contribution in [0.5, 0.6) is 0 Å². The monoisotopic (exact) mass is 1340 g/mol. The van der Waals surface area contributed by atoms with Gasteiger partial charge in [0.25, 0.3) is 0 Å². The van der Waals surface area contributed by atoms with Gasteiger partial charge in [0.15, 0.2) is 12.2 Å². The molecule has 8 unspecified atom stereocenters. The van der Waals surface area contributed by atoms with Crippen molar-refractivity contribution in [2.45, 2.75) is 48.8 Å². The predicted octanol–water partition coefficient (Wildman–Crippen LogP) is -3.37. The van der Waals surface area contributed by atoms with Crippen LogP contribution in [-0.4, -0.2) is 182 Å². The number of aliphatic carboxylic acids is 6. The van der Waals surface area contributed by atoms with Crippen LogP contribution in [0.3, 0.4) is 0 Å². The fourth-order valence-electron chi connectivity index (χ4n) is 6.47. The number of benzene rings is 8. The largest absolute Gasteiger partial charge is 2.00 e. The molecule has 8 aromatic rings. The Balaban J connectivity index is 0. The van der Waals surface area contributed by atoms with Gasteiger partial charge in [0.2, 0.25) is 0 Å². The zero-order valence-corrected chi connectivity index (χ0v) is 54.9. The van der Waals surface area contributed by atoms with Crippen molar-refractivity contribution < 1.29 is 123 Å². The minimum absolute atomic E-state index is 0. The molecular weight excluding hydrogens is 1290 g/mol. The number of aliphatic hydroxyl groups excluding tert-OH is 8. The van der Waals surface area contributed by atoms with E-state index in [4.69, 9.17) is 30.6 Å². The van der Waals surface area contributed by atoms with Crippen molar-refractivity contribution >= 4 is 141 Å². The number of rotatable bonds is 18. The van der Waals surface area contributed by atoms with Crippen LogP contribution in [-0.2, 0) is 51.7 Å². The van der Waals surface area contributed by atoms with Crippen molar-refractivity contribution in [1.29, 1.82) is 0 Å². The third-order valence-electron chi connectivity index (χ3n) is 11.1. The van der Waals surface area contributed by atoms with Gasteiger partial charge in [0.05, 0.1) is 35.8 Å². The Bertz CT molecular complexity index is 2960. The summed E-state index contributed by atoms with van der Waals surface area (Å²) in [6.45, 7) is 0. The molecule has 0 amide bonds. The van der Waals surface area contributed by atoms with Crippen LogP contribution >= 0.6 is 0 Å². The minimum atomic E-state index is -3.56. The van der Waals surface area contributed by atoms with Gasteiger partial charge in [0.1, 0.15) is 36.6 Å². The number of aliphatic hydroxyl groups is 8. The fourth-order valence-corrected chi connectivity index (χ4v) is 7.06. The molecule has 0 fully saturated rings. The summed E-state index contributed by atoms with van der Waals surface area (Å²) in [6.07, 6.45) is -12.4. The topological polar surface area (TPSA) is 472 Å². The van der Waals surface area contributed by atoms with E-state index in [0.717, 1.165) is 0 Å². The molecule has 0 aliphatic carbocycles. The maximum Gasteiger partial charge on any atom is 2.00 e. The van der Waals surface area contributed by atoms with E-state index in [-0.39, 0.29) is 95.0 Å². The molecule has 0 aliphatic heterocycles. The van der Waals surface area contributed by atoms with Crippen molar-refractivity contribution in [2.75, 3.05) is 0 Å². The first-order valence-corrected chi connectivity index (χ1v) is 27.1. The first-order valence-electron chi connectivity index (χ1n) is 25.8. The predicted molar refractivity (Wildman–Crippen MR) is 317 cm³/mol. The Morgan fingerprint density at radius 2 is 0.355 bits per heavy atom. The van der Waals surface area contributed by atoms with Gasteiger partial charge in [-0.15, -0.1) is 0 Å². The summed E-state index contributed by atoms with van der Waals surface area (Å²) in [5.74, 6) is -11.3. The van der Waals surface area contributed by atoms with Gasteiger partial charge in [0, 0.05) is 0 Å². The second-order valence-corrected chi connectivity index (χ2v) is 18.4. The van der Waals surface area contributed by atoms with Crippen LogP contribution < -0.4 is 30.6 Å². The summed E-state index contributed by atoms with van der Waals surface area (Å²) in [4.78, 5) is 84.2. The van der Waals surface area contributed by atoms with Crippen molar-refractivity contribution in [3.8, 4) is 0 Å². The average molecular weight is 1340 g/mol. The van der Waals surface area contributed by atoms with Crippen LogP contribution in [0.2, 0.25) is 0 Å². The Morgan fingerprint density at radius 3 is 0.462 bits per heavy atom. The van der Waals surface area contributed by atoms with Crippen LogP contribution in [0, 0.1) is 0 Å². The smallest absolute Gasteiger partial charge is 0.547 e. The number of hydrogen-bond acceptors (Lipinski definition) is 25. The molecule has 0 spiro atoms. The molecular formula is C64H56CaMg2O25Si. The summed E-state index contributed by atoms with van der Waals surface area (Å²) >= 11 is 0. The molecule has 472 valence electrons. The van der Waals surface area contributed by atoms with Crippen LogP contribution in [0.1, 0.15) is 93.3 Å². The molecule has 8 rings (SSSR count). The van der Waals surface area contributed by atoms with Crippen molar-refractivity contribution in [1.82, 2.24) is 0 Å². The number of carbonyl (C=O) groups excluding carboxylic acids is 8. The number of carbonyl (C=O) groups is 8. The summed E-state index contributed by atoms with van der Waals surface area (Å²) < 4.78 is 20.5. The first kappa shape index (κ1) is 87.1. The molecule has 0 saturated carbocycles. The van der Waals surface area contributed by atoms with E-state index in [1.54, 1.807) is 146 Å². The Morgan fingerprint density at radius 1 is 0.247 bits per heavy atom. The molecule has 0 heterocycles. The second-order valence-electron chi connectivity index (χ2n) is 17.5. The SMILES string of the molecule is O=C(O[Si](=O)OC(=O)C(O)c1ccccc1)C(O)c1ccccc1.O=C([O-])C(O)c1ccccc1.O=C([O-])C(O)c1ccccc1.O=C([O-])C(O)c1ccccc1.O=C([O-])C(O)c1ccccc1.O=C([O-])C(O)c1ccccc1.O=C([O-])C(O)c1ccccc1.[Ca+2].[Mg+2].[Mg+2]. The second kappa shape index (κ2) is 48.7. The minimum Gasteiger partial charge on any atom is -0.547 e. The third-order valence-corrected chi connectivity index (χ3v) is 11.8. The maximum atomic E-state index is 11.7. The standard InChI is InChI=1S/C16H14O7Si.6C8H8O3.Ca.2Mg/c17-13(11-7-3-1-4-8-11)15(19)22-24(21)23-16(20)14(18)12-9-5-2-6-10-12;6*9-7(8(10)11)6-4-2-1-3-5-6;;;/h1-10,13-14,17-18H;6*1-5,7,9H,(H,10,11);;;/q;;;;;;;3*+2/p-6. The van der Waals surface area contributed by atoms with Gasteiger partial charge in [-0.05, 0) is 44.5 Å².